The molecule has 2 unspecified atom stereocenters. The summed E-state index contributed by atoms with van der Waals surface area (Å²) in [6.07, 6.45) is 3.33. The zero-order valence-electron chi connectivity index (χ0n) is 17.7. The highest BCUT2D eigenvalue weighted by atomic mass is 16.7. The maximum absolute atomic E-state index is 12.5. The number of hydrogen-bond donors (Lipinski definition) is 1. The van der Waals surface area contributed by atoms with Gasteiger partial charge in [0.15, 0.2) is 22.7 Å². The molecule has 3 heterocycles. The van der Waals surface area contributed by atoms with E-state index >= 15 is 0 Å². The number of fused-ring (bicyclic) bond motifs is 2. The third-order valence-corrected chi connectivity index (χ3v) is 5.57. The van der Waals surface area contributed by atoms with Gasteiger partial charge in [0.25, 0.3) is 5.56 Å². The molecule has 0 saturated heterocycles. The van der Waals surface area contributed by atoms with Crippen LogP contribution in [0.25, 0.3) is 11.2 Å². The van der Waals surface area contributed by atoms with Gasteiger partial charge in [-0.3, -0.25) is 13.9 Å². The standard InChI is InChI=1S/C21H27N5O4/c1-13(23-14(2)9-15-5-6-16-17(10-15)30-12-29-16)7-8-26-11-22-19-18(26)20(27)25(4)21(28)24(19)3/h5-6,10-11,13-14,23H,7-9,12H2,1-4H3. The van der Waals surface area contributed by atoms with E-state index in [9.17, 15) is 9.59 Å². The second-order valence-electron chi connectivity index (χ2n) is 7.97. The third-order valence-electron chi connectivity index (χ3n) is 5.57. The van der Waals surface area contributed by atoms with Crippen molar-refractivity contribution < 1.29 is 9.47 Å². The monoisotopic (exact) mass is 413 g/mol. The Balaban J connectivity index is 1.38. The lowest BCUT2D eigenvalue weighted by Gasteiger charge is -2.20. The first-order chi connectivity index (χ1) is 14.3. The zero-order valence-corrected chi connectivity index (χ0v) is 17.7. The molecule has 1 aromatic carbocycles. The summed E-state index contributed by atoms with van der Waals surface area (Å²) in [5.74, 6) is 1.60. The summed E-state index contributed by atoms with van der Waals surface area (Å²) in [7, 11) is 3.12. The maximum Gasteiger partial charge on any atom is 0.332 e. The number of aryl methyl sites for hydroxylation is 2. The van der Waals surface area contributed by atoms with E-state index in [-0.39, 0.29) is 30.1 Å². The topological polar surface area (TPSA) is 92.3 Å². The van der Waals surface area contributed by atoms with Crippen LogP contribution in [-0.2, 0) is 27.1 Å². The van der Waals surface area contributed by atoms with Gasteiger partial charge in [0.2, 0.25) is 6.79 Å². The molecule has 9 heteroatoms. The Morgan fingerprint density at radius 3 is 2.67 bits per heavy atom. The van der Waals surface area contributed by atoms with E-state index in [1.54, 1.807) is 13.4 Å². The molecule has 9 nitrogen and oxygen atoms in total. The highest BCUT2D eigenvalue weighted by Crippen LogP contribution is 2.32. The number of imidazole rings is 1. The summed E-state index contributed by atoms with van der Waals surface area (Å²) in [6, 6.07) is 6.55. The van der Waals surface area contributed by atoms with Crippen LogP contribution in [-0.4, -0.2) is 37.6 Å². The van der Waals surface area contributed by atoms with E-state index < -0.39 is 0 Å². The fourth-order valence-electron chi connectivity index (χ4n) is 3.95. The number of ether oxygens (including phenoxy) is 2. The number of benzene rings is 1. The number of nitrogens with zero attached hydrogens (tertiary/aromatic N) is 4. The predicted octanol–water partition coefficient (Wildman–Crippen LogP) is 1.16. The van der Waals surface area contributed by atoms with Gasteiger partial charge in [-0.15, -0.1) is 0 Å². The Morgan fingerprint density at radius 1 is 1.10 bits per heavy atom. The first-order valence-electron chi connectivity index (χ1n) is 10.1. The average Bonchev–Trinajstić information content (AvgIpc) is 3.35. The molecular formula is C21H27N5O4. The largest absolute Gasteiger partial charge is 0.454 e. The summed E-state index contributed by atoms with van der Waals surface area (Å²) < 4.78 is 15.2. The van der Waals surface area contributed by atoms with Crippen LogP contribution in [0.1, 0.15) is 25.8 Å². The molecule has 2 atom stereocenters. The summed E-state index contributed by atoms with van der Waals surface area (Å²) in [6.45, 7) is 5.20. The summed E-state index contributed by atoms with van der Waals surface area (Å²) in [5, 5.41) is 3.61. The molecule has 1 N–H and O–H groups in total. The van der Waals surface area contributed by atoms with E-state index in [4.69, 9.17) is 9.47 Å². The van der Waals surface area contributed by atoms with Crippen molar-refractivity contribution in [2.45, 2.75) is 45.3 Å². The van der Waals surface area contributed by atoms with E-state index in [0.29, 0.717) is 17.7 Å². The van der Waals surface area contributed by atoms with Gasteiger partial charge < -0.3 is 19.4 Å². The van der Waals surface area contributed by atoms with Crippen LogP contribution in [0.4, 0.5) is 0 Å². The van der Waals surface area contributed by atoms with Gasteiger partial charge in [-0.25, -0.2) is 9.78 Å². The molecule has 2 aromatic heterocycles. The van der Waals surface area contributed by atoms with Crippen molar-refractivity contribution in [3.05, 3.63) is 50.9 Å². The Labute approximate surface area is 173 Å². The number of rotatable bonds is 7. The van der Waals surface area contributed by atoms with Crippen molar-refractivity contribution in [3.8, 4) is 11.5 Å². The lowest BCUT2D eigenvalue weighted by Crippen LogP contribution is -2.38. The molecule has 0 aliphatic carbocycles. The molecule has 0 spiro atoms. The van der Waals surface area contributed by atoms with Crippen molar-refractivity contribution in [2.24, 2.45) is 14.1 Å². The molecule has 0 radical (unpaired) electrons. The van der Waals surface area contributed by atoms with Crippen molar-refractivity contribution in [1.29, 1.82) is 0 Å². The van der Waals surface area contributed by atoms with Gasteiger partial charge in [0, 0.05) is 32.7 Å². The minimum atomic E-state index is -0.370. The molecule has 1 aliphatic heterocycles. The average molecular weight is 413 g/mol. The molecule has 0 amide bonds. The Morgan fingerprint density at radius 2 is 1.87 bits per heavy atom. The molecule has 30 heavy (non-hydrogen) atoms. The van der Waals surface area contributed by atoms with Crippen molar-refractivity contribution >= 4 is 11.2 Å². The Kier molecular flexibility index (Phi) is 5.38. The summed E-state index contributed by atoms with van der Waals surface area (Å²) in [4.78, 5) is 28.9. The van der Waals surface area contributed by atoms with E-state index in [0.717, 1.165) is 28.9 Å². The van der Waals surface area contributed by atoms with Crippen molar-refractivity contribution in [3.63, 3.8) is 0 Å². The number of aromatic nitrogens is 4. The normalized spacial score (nSPS) is 14.9. The molecule has 1 aliphatic rings. The first kappa shape index (κ1) is 20.2. The predicted molar refractivity (Wildman–Crippen MR) is 113 cm³/mol. The van der Waals surface area contributed by atoms with Crippen molar-refractivity contribution in [2.75, 3.05) is 6.79 Å². The molecule has 4 rings (SSSR count). The van der Waals surface area contributed by atoms with Crippen LogP contribution in [0.15, 0.2) is 34.1 Å². The lowest BCUT2D eigenvalue weighted by molar-refractivity contribution is 0.174. The van der Waals surface area contributed by atoms with E-state index in [1.807, 2.05) is 16.7 Å². The van der Waals surface area contributed by atoms with Crippen LogP contribution >= 0.6 is 0 Å². The van der Waals surface area contributed by atoms with Gasteiger partial charge in [0.1, 0.15) is 0 Å². The van der Waals surface area contributed by atoms with Crippen molar-refractivity contribution in [1.82, 2.24) is 24.0 Å². The third kappa shape index (κ3) is 3.72. The van der Waals surface area contributed by atoms with Crippen LogP contribution in [0.2, 0.25) is 0 Å². The quantitative estimate of drug-likeness (QED) is 0.625. The fourth-order valence-corrected chi connectivity index (χ4v) is 3.95. The summed E-state index contributed by atoms with van der Waals surface area (Å²) >= 11 is 0. The Hall–Kier alpha value is -3.07. The molecular weight excluding hydrogens is 386 g/mol. The SMILES string of the molecule is CC(CCn1cnc2c1c(=O)n(C)c(=O)n2C)NC(C)Cc1ccc2c(c1)OCO2. The van der Waals surface area contributed by atoms with E-state index in [1.165, 1.54) is 17.2 Å². The molecule has 160 valence electrons. The fraction of sp³-hybridized carbons (Fsp3) is 0.476. The summed E-state index contributed by atoms with van der Waals surface area (Å²) in [5.41, 5.74) is 1.38. The zero-order chi connectivity index (χ0) is 21.4. The van der Waals surface area contributed by atoms with Crippen LogP contribution in [0.5, 0.6) is 11.5 Å². The van der Waals surface area contributed by atoms with Gasteiger partial charge in [-0.2, -0.15) is 0 Å². The second-order valence-corrected chi connectivity index (χ2v) is 7.97. The highest BCUT2D eigenvalue weighted by Gasteiger charge is 2.17. The number of hydrogen-bond acceptors (Lipinski definition) is 6. The molecule has 0 fully saturated rings. The maximum atomic E-state index is 12.5. The second kappa shape index (κ2) is 7.98. The van der Waals surface area contributed by atoms with Gasteiger partial charge >= 0.3 is 5.69 Å². The minimum absolute atomic E-state index is 0.239. The van der Waals surface area contributed by atoms with Crippen LogP contribution in [0.3, 0.4) is 0 Å². The van der Waals surface area contributed by atoms with Gasteiger partial charge in [0.05, 0.1) is 6.33 Å². The van der Waals surface area contributed by atoms with E-state index in [2.05, 4.69) is 30.2 Å². The van der Waals surface area contributed by atoms with Gasteiger partial charge in [-0.1, -0.05) is 6.07 Å². The van der Waals surface area contributed by atoms with Crippen LogP contribution in [0, 0.1) is 0 Å². The molecule has 3 aromatic rings. The smallest absolute Gasteiger partial charge is 0.332 e. The van der Waals surface area contributed by atoms with Crippen LogP contribution < -0.4 is 26.0 Å². The number of nitrogens with one attached hydrogen (secondary N) is 1. The Bertz CT molecular complexity index is 1190. The lowest BCUT2D eigenvalue weighted by atomic mass is 10.1. The minimum Gasteiger partial charge on any atom is -0.454 e. The van der Waals surface area contributed by atoms with Gasteiger partial charge in [-0.05, 0) is 44.4 Å². The molecule has 0 saturated carbocycles. The highest BCUT2D eigenvalue weighted by molar-refractivity contribution is 5.69. The molecule has 0 bridgehead atoms. The first-order valence-corrected chi connectivity index (χ1v) is 10.1.